The minimum absolute atomic E-state index is 0.314. The second-order valence-electron chi connectivity index (χ2n) is 3.81. The molecule has 0 bridgehead atoms. The molecule has 0 atom stereocenters. The minimum Gasteiger partial charge on any atom is -0.396 e. The maximum absolute atomic E-state index is 8.71. The van der Waals surface area contributed by atoms with E-state index in [1.54, 1.807) is 0 Å². The second kappa shape index (κ2) is 7.49. The van der Waals surface area contributed by atoms with Gasteiger partial charge in [-0.05, 0) is 38.1 Å². The number of hydrogen-bond acceptors (Lipinski definition) is 2. The second-order valence-corrected chi connectivity index (χ2v) is 3.81. The van der Waals surface area contributed by atoms with Crippen molar-refractivity contribution in [2.75, 3.05) is 26.2 Å². The van der Waals surface area contributed by atoms with Crippen LogP contribution in [0.4, 0.5) is 0 Å². The third kappa shape index (κ3) is 5.00. The van der Waals surface area contributed by atoms with E-state index in [1.807, 2.05) is 12.3 Å². The Bertz CT molecular complexity index is 234. The Morgan fingerprint density at radius 2 is 2.20 bits per heavy atom. The fourth-order valence-corrected chi connectivity index (χ4v) is 1.68. The summed E-state index contributed by atoms with van der Waals surface area (Å²) in [6.45, 7) is 5.79. The Labute approximate surface area is 92.1 Å². The first kappa shape index (κ1) is 12.3. The standard InChI is InChI=1S/C12H22N2O/c1-2-14(9-3-4-11-15)10-7-12-6-5-8-13-12/h5-6,8,13,15H,2-4,7,9-11H2,1H3. The summed E-state index contributed by atoms with van der Waals surface area (Å²) in [4.78, 5) is 5.64. The molecule has 0 radical (unpaired) electrons. The van der Waals surface area contributed by atoms with Gasteiger partial charge in [0.1, 0.15) is 0 Å². The molecular weight excluding hydrogens is 188 g/mol. The van der Waals surface area contributed by atoms with Crippen molar-refractivity contribution in [1.29, 1.82) is 0 Å². The van der Waals surface area contributed by atoms with Gasteiger partial charge in [-0.2, -0.15) is 0 Å². The Balaban J connectivity index is 2.16. The number of H-pyrrole nitrogens is 1. The van der Waals surface area contributed by atoms with E-state index in [2.05, 4.69) is 22.9 Å². The fraction of sp³-hybridized carbons (Fsp3) is 0.667. The van der Waals surface area contributed by atoms with Crippen LogP contribution in [0, 0.1) is 0 Å². The Morgan fingerprint density at radius 3 is 2.80 bits per heavy atom. The highest BCUT2D eigenvalue weighted by atomic mass is 16.2. The molecule has 2 N–H and O–H groups in total. The lowest BCUT2D eigenvalue weighted by Crippen LogP contribution is -2.27. The third-order valence-corrected chi connectivity index (χ3v) is 2.69. The summed E-state index contributed by atoms with van der Waals surface area (Å²) in [7, 11) is 0. The molecule has 15 heavy (non-hydrogen) atoms. The molecule has 0 aliphatic rings. The number of unbranched alkanes of at least 4 members (excludes halogenated alkanes) is 1. The number of aromatic amines is 1. The Morgan fingerprint density at radius 1 is 1.33 bits per heavy atom. The van der Waals surface area contributed by atoms with Gasteiger partial charge in [0.15, 0.2) is 0 Å². The number of likely N-dealkylation sites (N-methyl/N-ethyl adjacent to an activating group) is 1. The number of nitrogens with one attached hydrogen (secondary N) is 1. The zero-order valence-corrected chi connectivity index (χ0v) is 9.58. The van der Waals surface area contributed by atoms with Crippen LogP contribution in [0.1, 0.15) is 25.5 Å². The van der Waals surface area contributed by atoms with Crippen LogP contribution < -0.4 is 0 Å². The number of hydrogen-bond donors (Lipinski definition) is 2. The normalized spacial score (nSPS) is 11.1. The molecule has 0 saturated heterocycles. The summed E-state index contributed by atoms with van der Waals surface area (Å²) < 4.78 is 0. The van der Waals surface area contributed by atoms with Crippen molar-refractivity contribution in [2.24, 2.45) is 0 Å². The van der Waals surface area contributed by atoms with E-state index in [9.17, 15) is 0 Å². The molecule has 0 unspecified atom stereocenters. The molecule has 0 spiro atoms. The average molecular weight is 210 g/mol. The zero-order valence-electron chi connectivity index (χ0n) is 9.58. The van der Waals surface area contributed by atoms with E-state index in [-0.39, 0.29) is 0 Å². The van der Waals surface area contributed by atoms with Crippen molar-refractivity contribution in [3.05, 3.63) is 24.0 Å². The van der Waals surface area contributed by atoms with E-state index < -0.39 is 0 Å². The predicted octanol–water partition coefficient (Wildman–Crippen LogP) is 1.65. The quantitative estimate of drug-likeness (QED) is 0.640. The van der Waals surface area contributed by atoms with Gasteiger partial charge >= 0.3 is 0 Å². The summed E-state index contributed by atoms with van der Waals surface area (Å²) in [5.41, 5.74) is 1.30. The molecule has 1 heterocycles. The molecule has 1 aromatic heterocycles. The van der Waals surface area contributed by atoms with Crippen molar-refractivity contribution in [3.63, 3.8) is 0 Å². The first-order valence-electron chi connectivity index (χ1n) is 5.82. The third-order valence-electron chi connectivity index (χ3n) is 2.69. The zero-order chi connectivity index (χ0) is 10.9. The van der Waals surface area contributed by atoms with Crippen molar-refractivity contribution >= 4 is 0 Å². The molecule has 3 heteroatoms. The summed E-state index contributed by atoms with van der Waals surface area (Å²) >= 11 is 0. The van der Waals surface area contributed by atoms with Gasteiger partial charge < -0.3 is 15.0 Å². The van der Waals surface area contributed by atoms with Crippen LogP contribution in [0.3, 0.4) is 0 Å². The topological polar surface area (TPSA) is 39.3 Å². The molecule has 0 aromatic carbocycles. The number of aromatic nitrogens is 1. The van der Waals surface area contributed by atoms with Crippen molar-refractivity contribution in [2.45, 2.75) is 26.2 Å². The monoisotopic (exact) mass is 210 g/mol. The highest BCUT2D eigenvalue weighted by molar-refractivity contribution is 5.03. The van der Waals surface area contributed by atoms with Gasteiger partial charge in [-0.3, -0.25) is 0 Å². The molecule has 0 saturated carbocycles. The summed E-state index contributed by atoms with van der Waals surface area (Å²) in [5, 5.41) is 8.71. The Hall–Kier alpha value is -0.800. The summed E-state index contributed by atoms with van der Waals surface area (Å²) in [6.07, 6.45) is 5.06. The van der Waals surface area contributed by atoms with E-state index in [0.29, 0.717) is 6.61 Å². The fourth-order valence-electron chi connectivity index (χ4n) is 1.68. The highest BCUT2D eigenvalue weighted by Crippen LogP contribution is 2.00. The van der Waals surface area contributed by atoms with Crippen molar-refractivity contribution < 1.29 is 5.11 Å². The SMILES string of the molecule is CCN(CCCCO)CCc1ccc[nH]1. The molecule has 1 rings (SSSR count). The smallest absolute Gasteiger partial charge is 0.0431 e. The summed E-state index contributed by atoms with van der Waals surface area (Å²) in [6, 6.07) is 4.17. The molecule has 3 nitrogen and oxygen atoms in total. The van der Waals surface area contributed by atoms with Gasteiger partial charge in [0, 0.05) is 31.5 Å². The molecule has 0 aliphatic heterocycles. The van der Waals surface area contributed by atoms with Crippen molar-refractivity contribution in [3.8, 4) is 0 Å². The molecular formula is C12H22N2O. The van der Waals surface area contributed by atoms with Crippen LogP contribution in [-0.4, -0.2) is 41.2 Å². The first-order valence-corrected chi connectivity index (χ1v) is 5.82. The lowest BCUT2D eigenvalue weighted by molar-refractivity contribution is 0.249. The van der Waals surface area contributed by atoms with Gasteiger partial charge in [0.25, 0.3) is 0 Å². The lowest BCUT2D eigenvalue weighted by atomic mass is 10.2. The van der Waals surface area contributed by atoms with Crippen LogP contribution in [0.15, 0.2) is 18.3 Å². The molecule has 86 valence electrons. The van der Waals surface area contributed by atoms with Crippen LogP contribution in [0.2, 0.25) is 0 Å². The maximum atomic E-state index is 8.71. The average Bonchev–Trinajstić information content (AvgIpc) is 2.76. The largest absolute Gasteiger partial charge is 0.396 e. The van der Waals surface area contributed by atoms with Crippen LogP contribution in [0.5, 0.6) is 0 Å². The van der Waals surface area contributed by atoms with Gasteiger partial charge in [0.2, 0.25) is 0 Å². The minimum atomic E-state index is 0.314. The van der Waals surface area contributed by atoms with Crippen molar-refractivity contribution in [1.82, 2.24) is 9.88 Å². The summed E-state index contributed by atoms with van der Waals surface area (Å²) in [5.74, 6) is 0. The van der Waals surface area contributed by atoms with Gasteiger partial charge in [-0.25, -0.2) is 0 Å². The lowest BCUT2D eigenvalue weighted by Gasteiger charge is -2.19. The van der Waals surface area contributed by atoms with E-state index in [0.717, 1.165) is 38.9 Å². The van der Waals surface area contributed by atoms with E-state index in [4.69, 9.17) is 5.11 Å². The van der Waals surface area contributed by atoms with E-state index in [1.165, 1.54) is 5.69 Å². The van der Waals surface area contributed by atoms with Crippen LogP contribution in [0.25, 0.3) is 0 Å². The van der Waals surface area contributed by atoms with Gasteiger partial charge in [-0.15, -0.1) is 0 Å². The Kier molecular flexibility index (Phi) is 6.12. The number of nitrogens with zero attached hydrogens (tertiary/aromatic N) is 1. The van der Waals surface area contributed by atoms with Crippen LogP contribution in [-0.2, 0) is 6.42 Å². The first-order chi connectivity index (χ1) is 7.36. The predicted molar refractivity (Wildman–Crippen MR) is 62.9 cm³/mol. The number of rotatable bonds is 8. The number of aliphatic hydroxyl groups excluding tert-OH is 1. The van der Waals surface area contributed by atoms with Gasteiger partial charge in [-0.1, -0.05) is 6.92 Å². The molecule has 0 fully saturated rings. The number of aliphatic hydroxyl groups is 1. The van der Waals surface area contributed by atoms with Gasteiger partial charge in [0.05, 0.1) is 0 Å². The van der Waals surface area contributed by atoms with E-state index >= 15 is 0 Å². The molecule has 0 aliphatic carbocycles. The molecule has 0 amide bonds. The highest BCUT2D eigenvalue weighted by Gasteiger charge is 2.02. The maximum Gasteiger partial charge on any atom is 0.0431 e. The molecule has 1 aromatic rings. The van der Waals surface area contributed by atoms with Crippen LogP contribution >= 0.6 is 0 Å².